The minimum Gasteiger partial charge on any atom is -0.383 e. The van der Waals surface area contributed by atoms with Crippen LogP contribution in [0.1, 0.15) is 59.3 Å². The first kappa shape index (κ1) is 13.1. The van der Waals surface area contributed by atoms with E-state index < -0.39 is 5.60 Å². The maximum absolute atomic E-state index is 11.0. The fraction of sp³-hybridized carbons (Fsp3) is 0.867. The van der Waals surface area contributed by atoms with E-state index >= 15 is 0 Å². The van der Waals surface area contributed by atoms with E-state index in [-0.39, 0.29) is 11.0 Å². The summed E-state index contributed by atoms with van der Waals surface area (Å²) < 4.78 is 5.80. The molecule has 2 aliphatic carbocycles. The van der Waals surface area contributed by atoms with Gasteiger partial charge < -0.3 is 9.84 Å². The van der Waals surface area contributed by atoms with E-state index in [2.05, 4.69) is 26.8 Å². The molecule has 2 aliphatic rings. The van der Waals surface area contributed by atoms with E-state index in [0.717, 1.165) is 38.5 Å². The molecule has 1 saturated carbocycles. The second-order valence-corrected chi connectivity index (χ2v) is 6.29. The van der Waals surface area contributed by atoms with E-state index in [1.54, 1.807) is 7.11 Å². The Labute approximate surface area is 105 Å². The summed E-state index contributed by atoms with van der Waals surface area (Å²) in [4.78, 5) is 0. The number of ether oxygens (including phenoxy) is 1. The molecule has 3 atom stereocenters. The molecule has 0 aromatic rings. The van der Waals surface area contributed by atoms with Crippen molar-refractivity contribution < 1.29 is 9.84 Å². The summed E-state index contributed by atoms with van der Waals surface area (Å²) in [6, 6.07) is 0. The van der Waals surface area contributed by atoms with Crippen molar-refractivity contribution in [3.8, 4) is 0 Å². The third-order valence-electron chi connectivity index (χ3n) is 5.25. The molecule has 2 rings (SSSR count). The zero-order valence-corrected chi connectivity index (χ0v) is 11.7. The first-order valence-electron chi connectivity index (χ1n) is 6.89. The van der Waals surface area contributed by atoms with Gasteiger partial charge in [-0.2, -0.15) is 0 Å². The molecule has 1 N–H and O–H groups in total. The van der Waals surface area contributed by atoms with Crippen LogP contribution in [0.5, 0.6) is 0 Å². The quantitative estimate of drug-likeness (QED) is 0.760. The molecule has 2 bridgehead atoms. The van der Waals surface area contributed by atoms with Crippen LogP contribution in [0.25, 0.3) is 0 Å². The molecule has 2 heteroatoms. The summed E-state index contributed by atoms with van der Waals surface area (Å²) in [5.41, 5.74) is 0.504. The Morgan fingerprint density at radius 2 is 2.12 bits per heavy atom. The molecule has 0 unspecified atom stereocenters. The van der Waals surface area contributed by atoms with E-state index in [0.29, 0.717) is 0 Å². The van der Waals surface area contributed by atoms with E-state index in [1.807, 2.05) is 0 Å². The van der Waals surface area contributed by atoms with Crippen molar-refractivity contribution in [3.63, 3.8) is 0 Å². The third-order valence-corrected chi connectivity index (χ3v) is 5.25. The lowest BCUT2D eigenvalue weighted by atomic mass is 9.67. The second kappa shape index (κ2) is 4.10. The molecule has 1 fully saturated rings. The number of aliphatic hydroxyl groups is 1. The number of rotatable bonds is 4. The van der Waals surface area contributed by atoms with Crippen LogP contribution in [0, 0.1) is 5.41 Å². The Morgan fingerprint density at radius 1 is 1.41 bits per heavy atom. The number of allylic oxidation sites excluding steroid dienone is 1. The van der Waals surface area contributed by atoms with Gasteiger partial charge in [-0.1, -0.05) is 38.3 Å². The Bertz CT molecular complexity index is 336. The molecule has 0 heterocycles. The van der Waals surface area contributed by atoms with Crippen molar-refractivity contribution in [1.82, 2.24) is 0 Å². The summed E-state index contributed by atoms with van der Waals surface area (Å²) >= 11 is 0. The van der Waals surface area contributed by atoms with Gasteiger partial charge in [0.2, 0.25) is 0 Å². The Hall–Kier alpha value is -0.340. The molecule has 98 valence electrons. The number of unbranched alkanes of at least 4 members (excludes halogenated alkanes) is 1. The predicted octanol–water partition coefficient (Wildman–Crippen LogP) is 3.44. The second-order valence-electron chi connectivity index (χ2n) is 6.29. The zero-order chi connectivity index (χ0) is 12.7. The number of hydrogen-bond acceptors (Lipinski definition) is 2. The predicted molar refractivity (Wildman–Crippen MR) is 69.9 cm³/mol. The van der Waals surface area contributed by atoms with Crippen molar-refractivity contribution >= 4 is 0 Å². The van der Waals surface area contributed by atoms with Gasteiger partial charge in [-0.3, -0.25) is 0 Å². The molecule has 0 spiro atoms. The lowest BCUT2D eigenvalue weighted by molar-refractivity contribution is -0.153. The molecule has 17 heavy (non-hydrogen) atoms. The van der Waals surface area contributed by atoms with Crippen LogP contribution >= 0.6 is 0 Å². The number of fused-ring (bicyclic) bond motifs is 2. The highest BCUT2D eigenvalue weighted by Gasteiger charge is 2.60. The molecule has 0 saturated heterocycles. The molecule has 0 radical (unpaired) electrons. The monoisotopic (exact) mass is 238 g/mol. The van der Waals surface area contributed by atoms with Gasteiger partial charge in [0, 0.05) is 7.11 Å². The average molecular weight is 238 g/mol. The van der Waals surface area contributed by atoms with Crippen molar-refractivity contribution in [2.24, 2.45) is 5.41 Å². The first-order valence-corrected chi connectivity index (χ1v) is 6.89. The third kappa shape index (κ3) is 1.77. The summed E-state index contributed by atoms with van der Waals surface area (Å²) in [7, 11) is 1.76. The molecule has 0 aliphatic heterocycles. The summed E-state index contributed by atoms with van der Waals surface area (Å²) in [5.74, 6) is 0. The van der Waals surface area contributed by atoms with Gasteiger partial charge in [0.25, 0.3) is 0 Å². The van der Waals surface area contributed by atoms with Gasteiger partial charge in [0.15, 0.2) is 0 Å². The van der Waals surface area contributed by atoms with Crippen LogP contribution in [0.15, 0.2) is 11.6 Å². The summed E-state index contributed by atoms with van der Waals surface area (Å²) in [6.45, 7) is 6.64. The molecule has 0 amide bonds. The topological polar surface area (TPSA) is 29.5 Å². The van der Waals surface area contributed by atoms with Crippen molar-refractivity contribution in [3.05, 3.63) is 11.6 Å². The van der Waals surface area contributed by atoms with Crippen LogP contribution in [0.4, 0.5) is 0 Å². The fourth-order valence-electron chi connectivity index (χ4n) is 3.75. The standard InChI is InChI=1S/C15H26O2/c1-5-6-7-14(16)10-12(2)13(3)8-9-15(14,11-13)17-4/h10,16H,5-9,11H2,1-4H3/t13-,14-,15-/m0/s1. The summed E-state index contributed by atoms with van der Waals surface area (Å²) in [5, 5.41) is 11.0. The maximum atomic E-state index is 11.0. The summed E-state index contributed by atoms with van der Waals surface area (Å²) in [6.07, 6.45) is 8.19. The SMILES string of the molecule is CCCC[C@]1(O)C=C(C)[C@@]2(C)CC[C@]1(OC)C2. The van der Waals surface area contributed by atoms with Crippen molar-refractivity contribution in [2.75, 3.05) is 7.11 Å². The number of hydrogen-bond donors (Lipinski definition) is 1. The first-order chi connectivity index (χ1) is 7.91. The van der Waals surface area contributed by atoms with Crippen LogP contribution in [0.2, 0.25) is 0 Å². The van der Waals surface area contributed by atoms with Crippen LogP contribution in [-0.2, 0) is 4.74 Å². The normalized spacial score (nSPS) is 44.9. The molecular weight excluding hydrogens is 212 g/mol. The molecule has 0 aromatic carbocycles. The van der Waals surface area contributed by atoms with Gasteiger partial charge >= 0.3 is 0 Å². The highest BCUT2D eigenvalue weighted by molar-refractivity contribution is 5.32. The Kier molecular flexibility index (Phi) is 3.16. The van der Waals surface area contributed by atoms with Crippen molar-refractivity contribution in [1.29, 1.82) is 0 Å². The van der Waals surface area contributed by atoms with E-state index in [4.69, 9.17) is 4.74 Å². The van der Waals surface area contributed by atoms with Crippen molar-refractivity contribution in [2.45, 2.75) is 70.5 Å². The minimum atomic E-state index is -0.752. The number of methoxy groups -OCH3 is 1. The molecular formula is C15H26O2. The van der Waals surface area contributed by atoms with Gasteiger partial charge in [0.1, 0.15) is 11.2 Å². The Morgan fingerprint density at radius 3 is 2.71 bits per heavy atom. The van der Waals surface area contributed by atoms with Crippen LogP contribution < -0.4 is 0 Å². The minimum absolute atomic E-state index is 0.244. The maximum Gasteiger partial charge on any atom is 0.112 e. The fourth-order valence-corrected chi connectivity index (χ4v) is 3.75. The van der Waals surface area contributed by atoms with E-state index in [1.165, 1.54) is 5.57 Å². The van der Waals surface area contributed by atoms with Gasteiger partial charge in [-0.05, 0) is 38.0 Å². The zero-order valence-electron chi connectivity index (χ0n) is 11.7. The van der Waals surface area contributed by atoms with E-state index in [9.17, 15) is 5.11 Å². The molecule has 2 nitrogen and oxygen atoms in total. The molecule has 0 aromatic heterocycles. The highest BCUT2D eigenvalue weighted by Crippen LogP contribution is 2.59. The smallest absolute Gasteiger partial charge is 0.112 e. The largest absolute Gasteiger partial charge is 0.383 e. The highest BCUT2D eigenvalue weighted by atomic mass is 16.5. The van der Waals surface area contributed by atoms with Gasteiger partial charge in [-0.25, -0.2) is 0 Å². The van der Waals surface area contributed by atoms with Crippen LogP contribution in [-0.4, -0.2) is 23.4 Å². The van der Waals surface area contributed by atoms with Gasteiger partial charge in [-0.15, -0.1) is 0 Å². The van der Waals surface area contributed by atoms with Crippen LogP contribution in [0.3, 0.4) is 0 Å². The van der Waals surface area contributed by atoms with Gasteiger partial charge in [0.05, 0.1) is 0 Å². The lowest BCUT2D eigenvalue weighted by Crippen LogP contribution is -2.55. The Balaban J connectivity index is 2.37. The average Bonchev–Trinajstić information content (AvgIpc) is 2.64. The lowest BCUT2D eigenvalue weighted by Gasteiger charge is -2.47.